The van der Waals surface area contributed by atoms with Crippen molar-refractivity contribution in [2.75, 3.05) is 6.61 Å². The summed E-state index contributed by atoms with van der Waals surface area (Å²) in [5.41, 5.74) is 3.33. The van der Waals surface area contributed by atoms with Gasteiger partial charge in [0.25, 0.3) is 0 Å². The van der Waals surface area contributed by atoms with E-state index in [1.54, 1.807) is 0 Å². The Hall–Kier alpha value is -0.820. The van der Waals surface area contributed by atoms with Crippen LogP contribution >= 0.6 is 0 Å². The maximum atomic E-state index is 5.76. The van der Waals surface area contributed by atoms with Crippen LogP contribution in [0.5, 0.6) is 0 Å². The molecule has 14 heavy (non-hydrogen) atoms. The SMILES string of the molecule is Cc1ccccc1C12CCC(C1)OC2. The summed E-state index contributed by atoms with van der Waals surface area (Å²) in [5, 5.41) is 0. The molecule has 1 saturated heterocycles. The molecule has 0 spiro atoms. The molecule has 1 nitrogen and oxygen atoms in total. The Labute approximate surface area is 85.1 Å². The fraction of sp³-hybridized carbons (Fsp3) is 0.538. The van der Waals surface area contributed by atoms with Gasteiger partial charge in [-0.25, -0.2) is 0 Å². The van der Waals surface area contributed by atoms with Gasteiger partial charge in [0.05, 0.1) is 12.7 Å². The van der Waals surface area contributed by atoms with Crippen molar-refractivity contribution >= 4 is 0 Å². The van der Waals surface area contributed by atoms with Gasteiger partial charge in [-0.1, -0.05) is 24.3 Å². The van der Waals surface area contributed by atoms with Crippen molar-refractivity contribution in [1.82, 2.24) is 0 Å². The number of fused-ring (bicyclic) bond motifs is 2. The van der Waals surface area contributed by atoms with Crippen LogP contribution in [0.3, 0.4) is 0 Å². The Balaban J connectivity index is 2.06. The maximum absolute atomic E-state index is 5.76. The van der Waals surface area contributed by atoms with Gasteiger partial charge in [-0.15, -0.1) is 0 Å². The minimum Gasteiger partial charge on any atom is -0.377 e. The molecule has 1 aromatic carbocycles. The summed E-state index contributed by atoms with van der Waals surface area (Å²) in [6.45, 7) is 3.16. The molecule has 1 aliphatic carbocycles. The predicted molar refractivity (Wildman–Crippen MR) is 56.4 cm³/mol. The van der Waals surface area contributed by atoms with Crippen LogP contribution in [-0.2, 0) is 10.2 Å². The lowest BCUT2D eigenvalue weighted by Gasteiger charge is -2.27. The molecule has 0 radical (unpaired) electrons. The van der Waals surface area contributed by atoms with Crippen molar-refractivity contribution in [3.63, 3.8) is 0 Å². The number of ether oxygens (including phenoxy) is 1. The second-order valence-corrected chi connectivity index (χ2v) is 4.77. The summed E-state index contributed by atoms with van der Waals surface area (Å²) in [5.74, 6) is 0. The Kier molecular flexibility index (Phi) is 1.72. The second kappa shape index (κ2) is 2.83. The van der Waals surface area contributed by atoms with Gasteiger partial charge >= 0.3 is 0 Å². The minimum absolute atomic E-state index is 0.371. The molecule has 3 rings (SSSR count). The zero-order chi connectivity index (χ0) is 9.60. The molecule has 1 heterocycles. The lowest BCUT2D eigenvalue weighted by Crippen LogP contribution is -2.26. The topological polar surface area (TPSA) is 9.23 Å². The predicted octanol–water partition coefficient (Wildman–Crippen LogP) is 2.82. The third-order valence-corrected chi connectivity index (χ3v) is 3.88. The van der Waals surface area contributed by atoms with Crippen molar-refractivity contribution in [3.05, 3.63) is 35.4 Å². The molecule has 0 N–H and O–H groups in total. The first-order valence-corrected chi connectivity index (χ1v) is 5.48. The average molecular weight is 188 g/mol. The van der Waals surface area contributed by atoms with E-state index in [-0.39, 0.29) is 0 Å². The number of benzene rings is 1. The Morgan fingerprint density at radius 3 is 2.79 bits per heavy atom. The molecule has 2 atom stereocenters. The summed E-state index contributed by atoms with van der Waals surface area (Å²) in [7, 11) is 0. The van der Waals surface area contributed by atoms with E-state index in [0.29, 0.717) is 11.5 Å². The summed E-state index contributed by atoms with van der Waals surface area (Å²) < 4.78 is 5.76. The van der Waals surface area contributed by atoms with Gasteiger partial charge in [-0.05, 0) is 37.3 Å². The zero-order valence-electron chi connectivity index (χ0n) is 8.62. The number of rotatable bonds is 1. The molecule has 1 aliphatic heterocycles. The molecular formula is C13H16O. The molecule has 2 fully saturated rings. The highest BCUT2D eigenvalue weighted by atomic mass is 16.5. The van der Waals surface area contributed by atoms with Crippen LogP contribution in [0, 0.1) is 6.92 Å². The lowest BCUT2D eigenvalue weighted by molar-refractivity contribution is 0.0697. The van der Waals surface area contributed by atoms with Crippen LogP contribution in [0.25, 0.3) is 0 Å². The van der Waals surface area contributed by atoms with Crippen molar-refractivity contribution in [2.45, 2.75) is 37.7 Å². The molecular weight excluding hydrogens is 172 g/mol. The van der Waals surface area contributed by atoms with Crippen LogP contribution in [-0.4, -0.2) is 12.7 Å². The van der Waals surface area contributed by atoms with E-state index in [1.807, 2.05) is 0 Å². The Bertz CT molecular complexity index is 348. The molecule has 2 bridgehead atoms. The monoisotopic (exact) mass is 188 g/mol. The van der Waals surface area contributed by atoms with Gasteiger partial charge in [0.1, 0.15) is 0 Å². The summed E-state index contributed by atoms with van der Waals surface area (Å²) in [6.07, 6.45) is 4.38. The van der Waals surface area contributed by atoms with E-state index in [2.05, 4.69) is 31.2 Å². The van der Waals surface area contributed by atoms with E-state index in [9.17, 15) is 0 Å². The first-order valence-electron chi connectivity index (χ1n) is 5.48. The first-order chi connectivity index (χ1) is 6.80. The van der Waals surface area contributed by atoms with Gasteiger partial charge in [0.2, 0.25) is 0 Å². The zero-order valence-corrected chi connectivity index (χ0v) is 8.62. The fourth-order valence-corrected chi connectivity index (χ4v) is 3.12. The van der Waals surface area contributed by atoms with Gasteiger partial charge in [0.15, 0.2) is 0 Å². The van der Waals surface area contributed by atoms with Crippen molar-refractivity contribution < 1.29 is 4.74 Å². The third-order valence-electron chi connectivity index (χ3n) is 3.88. The molecule has 1 saturated carbocycles. The van der Waals surface area contributed by atoms with Crippen LogP contribution in [0.1, 0.15) is 30.4 Å². The van der Waals surface area contributed by atoms with Crippen LogP contribution in [0.15, 0.2) is 24.3 Å². The van der Waals surface area contributed by atoms with Crippen LogP contribution in [0.2, 0.25) is 0 Å². The summed E-state index contributed by atoms with van der Waals surface area (Å²) >= 11 is 0. The van der Waals surface area contributed by atoms with E-state index in [1.165, 1.54) is 30.4 Å². The minimum atomic E-state index is 0.371. The second-order valence-electron chi connectivity index (χ2n) is 4.77. The first kappa shape index (κ1) is 8.49. The van der Waals surface area contributed by atoms with Gasteiger partial charge in [-0.3, -0.25) is 0 Å². The van der Waals surface area contributed by atoms with E-state index < -0.39 is 0 Å². The van der Waals surface area contributed by atoms with E-state index in [0.717, 1.165) is 6.61 Å². The largest absolute Gasteiger partial charge is 0.377 e. The van der Waals surface area contributed by atoms with Gasteiger partial charge in [-0.2, -0.15) is 0 Å². The fourth-order valence-electron chi connectivity index (χ4n) is 3.12. The normalized spacial score (nSPS) is 35.1. The maximum Gasteiger partial charge on any atom is 0.0585 e. The molecule has 0 amide bonds. The highest BCUT2D eigenvalue weighted by molar-refractivity contribution is 5.36. The smallest absolute Gasteiger partial charge is 0.0585 e. The Morgan fingerprint density at radius 2 is 2.21 bits per heavy atom. The molecule has 2 unspecified atom stereocenters. The number of hydrogen-bond acceptors (Lipinski definition) is 1. The summed E-state index contributed by atoms with van der Waals surface area (Å²) in [4.78, 5) is 0. The Morgan fingerprint density at radius 1 is 1.36 bits per heavy atom. The molecule has 2 aliphatic rings. The quantitative estimate of drug-likeness (QED) is 0.658. The van der Waals surface area contributed by atoms with Crippen molar-refractivity contribution in [1.29, 1.82) is 0 Å². The third kappa shape index (κ3) is 1.05. The van der Waals surface area contributed by atoms with Gasteiger partial charge in [0, 0.05) is 5.41 Å². The standard InChI is InChI=1S/C13H16O/c1-10-4-2-3-5-12(10)13-7-6-11(8-13)14-9-13/h2-5,11H,6-9H2,1H3. The van der Waals surface area contributed by atoms with Crippen molar-refractivity contribution in [3.8, 4) is 0 Å². The molecule has 1 aromatic rings. The summed E-state index contributed by atoms with van der Waals surface area (Å²) in [6, 6.07) is 8.78. The van der Waals surface area contributed by atoms with E-state index >= 15 is 0 Å². The molecule has 0 aromatic heterocycles. The van der Waals surface area contributed by atoms with Gasteiger partial charge < -0.3 is 4.74 Å². The highest BCUT2D eigenvalue weighted by Gasteiger charge is 2.47. The van der Waals surface area contributed by atoms with Crippen LogP contribution < -0.4 is 0 Å². The highest BCUT2D eigenvalue weighted by Crippen LogP contribution is 2.48. The lowest BCUT2D eigenvalue weighted by atomic mass is 9.78. The average Bonchev–Trinajstić information content (AvgIpc) is 2.79. The molecule has 1 heteroatoms. The molecule has 74 valence electrons. The van der Waals surface area contributed by atoms with Crippen molar-refractivity contribution in [2.24, 2.45) is 0 Å². The van der Waals surface area contributed by atoms with E-state index in [4.69, 9.17) is 4.74 Å². The number of aryl methyl sites for hydroxylation is 1. The number of hydrogen-bond donors (Lipinski definition) is 0. The van der Waals surface area contributed by atoms with Crippen LogP contribution in [0.4, 0.5) is 0 Å².